The molecule has 0 radical (unpaired) electrons. The van der Waals surface area contributed by atoms with Gasteiger partial charge in [0.2, 0.25) is 0 Å². The normalized spacial score (nSPS) is 11.6. The first-order valence-corrected chi connectivity index (χ1v) is 6.32. The smallest absolute Gasteiger partial charge is 0.309 e. The highest BCUT2D eigenvalue weighted by Gasteiger charge is 2.13. The molecule has 0 rings (SSSR count). The fourth-order valence-corrected chi connectivity index (χ4v) is 1.51. The maximum atomic E-state index is 11.4. The van der Waals surface area contributed by atoms with E-state index < -0.39 is 11.8 Å². The van der Waals surface area contributed by atoms with Crippen molar-refractivity contribution in [3.63, 3.8) is 0 Å². The monoisotopic (exact) mass is 240 g/mol. The van der Waals surface area contributed by atoms with E-state index in [0.29, 0.717) is 19.0 Å². The van der Waals surface area contributed by atoms with Gasteiger partial charge in [-0.2, -0.15) is 0 Å². The molecule has 0 unspecified atom stereocenters. The zero-order chi connectivity index (χ0) is 13.1. The molecule has 2 N–H and O–H groups in total. The summed E-state index contributed by atoms with van der Waals surface area (Å²) in [6.07, 6.45) is 5.98. The van der Waals surface area contributed by atoms with Crippen LogP contribution in [0.5, 0.6) is 0 Å². The molecule has 4 heteroatoms. The average Bonchev–Trinajstić information content (AvgIpc) is 2.35. The molecule has 17 heavy (non-hydrogen) atoms. The van der Waals surface area contributed by atoms with Gasteiger partial charge < -0.3 is 10.6 Å². The van der Waals surface area contributed by atoms with Crippen molar-refractivity contribution in [2.75, 3.05) is 13.1 Å². The first-order chi connectivity index (χ1) is 8.15. The maximum Gasteiger partial charge on any atom is 0.309 e. The van der Waals surface area contributed by atoms with Crippen molar-refractivity contribution in [1.29, 1.82) is 0 Å². The minimum atomic E-state index is -0.588. The van der Waals surface area contributed by atoms with Gasteiger partial charge in [0.15, 0.2) is 0 Å². The standard InChI is InChI=1S/C13H24N2O2/c1-4-7-8-11(6-3)10-15-13(17)12(16)14-9-5-2/h5,11H,2,4,6-10H2,1,3H3,(H,14,16)(H,15,17)/t11-/m0/s1. The van der Waals surface area contributed by atoms with Crippen molar-refractivity contribution in [3.05, 3.63) is 12.7 Å². The van der Waals surface area contributed by atoms with Crippen molar-refractivity contribution < 1.29 is 9.59 Å². The molecular weight excluding hydrogens is 216 g/mol. The second-order valence-corrected chi connectivity index (χ2v) is 4.13. The molecule has 0 bridgehead atoms. The molecule has 0 aromatic carbocycles. The van der Waals surface area contributed by atoms with Crippen LogP contribution in [0, 0.1) is 5.92 Å². The SMILES string of the molecule is C=CCNC(=O)C(=O)NC[C@@H](CC)CCCC. The van der Waals surface area contributed by atoms with Crippen LogP contribution in [0.4, 0.5) is 0 Å². The predicted molar refractivity (Wildman–Crippen MR) is 69.5 cm³/mol. The number of amides is 2. The van der Waals surface area contributed by atoms with E-state index in [1.54, 1.807) is 6.08 Å². The van der Waals surface area contributed by atoms with Gasteiger partial charge in [0.25, 0.3) is 0 Å². The summed E-state index contributed by atoms with van der Waals surface area (Å²) in [6.45, 7) is 8.61. The third kappa shape index (κ3) is 7.55. The predicted octanol–water partition coefficient (Wildman–Crippen LogP) is 1.62. The Balaban J connectivity index is 3.86. The number of carbonyl (C=O) groups excluding carboxylic acids is 2. The number of carbonyl (C=O) groups is 2. The highest BCUT2D eigenvalue weighted by Crippen LogP contribution is 2.10. The number of hydrogen-bond donors (Lipinski definition) is 2. The maximum absolute atomic E-state index is 11.4. The van der Waals surface area contributed by atoms with Crippen LogP contribution in [-0.4, -0.2) is 24.9 Å². The number of unbranched alkanes of at least 4 members (excludes halogenated alkanes) is 1. The van der Waals surface area contributed by atoms with Crippen molar-refractivity contribution in [3.8, 4) is 0 Å². The summed E-state index contributed by atoms with van der Waals surface area (Å²) in [5.41, 5.74) is 0. The average molecular weight is 240 g/mol. The lowest BCUT2D eigenvalue weighted by Crippen LogP contribution is -2.41. The first-order valence-electron chi connectivity index (χ1n) is 6.32. The summed E-state index contributed by atoms with van der Waals surface area (Å²) >= 11 is 0. The minimum Gasteiger partial charge on any atom is -0.348 e. The van der Waals surface area contributed by atoms with Crippen molar-refractivity contribution in [1.82, 2.24) is 10.6 Å². The lowest BCUT2D eigenvalue weighted by atomic mass is 9.99. The Bertz CT molecular complexity index is 252. The quantitative estimate of drug-likeness (QED) is 0.500. The van der Waals surface area contributed by atoms with Gasteiger partial charge in [-0.05, 0) is 12.3 Å². The van der Waals surface area contributed by atoms with Gasteiger partial charge in [-0.3, -0.25) is 9.59 Å². The van der Waals surface area contributed by atoms with Crippen molar-refractivity contribution in [2.24, 2.45) is 5.92 Å². The molecule has 2 amide bonds. The van der Waals surface area contributed by atoms with E-state index in [1.165, 1.54) is 0 Å². The zero-order valence-electron chi connectivity index (χ0n) is 10.9. The van der Waals surface area contributed by atoms with E-state index in [0.717, 1.165) is 25.7 Å². The lowest BCUT2D eigenvalue weighted by Gasteiger charge is -2.14. The number of hydrogen-bond acceptors (Lipinski definition) is 2. The second-order valence-electron chi connectivity index (χ2n) is 4.13. The summed E-state index contributed by atoms with van der Waals surface area (Å²) in [5, 5.41) is 5.11. The van der Waals surface area contributed by atoms with E-state index >= 15 is 0 Å². The van der Waals surface area contributed by atoms with E-state index in [-0.39, 0.29) is 0 Å². The summed E-state index contributed by atoms with van der Waals surface area (Å²) in [4.78, 5) is 22.6. The van der Waals surface area contributed by atoms with E-state index in [1.807, 2.05) is 0 Å². The van der Waals surface area contributed by atoms with E-state index in [9.17, 15) is 9.59 Å². The van der Waals surface area contributed by atoms with E-state index in [4.69, 9.17) is 0 Å². The molecule has 0 saturated carbocycles. The van der Waals surface area contributed by atoms with Crippen LogP contribution in [0.25, 0.3) is 0 Å². The molecule has 0 fully saturated rings. The Hall–Kier alpha value is -1.32. The second kappa shape index (κ2) is 9.87. The van der Waals surface area contributed by atoms with Gasteiger partial charge in [-0.25, -0.2) is 0 Å². The molecule has 0 aromatic rings. The van der Waals surface area contributed by atoms with E-state index in [2.05, 4.69) is 31.1 Å². The van der Waals surface area contributed by atoms with Crippen molar-refractivity contribution in [2.45, 2.75) is 39.5 Å². The van der Waals surface area contributed by atoms with Crippen LogP contribution in [0.1, 0.15) is 39.5 Å². The van der Waals surface area contributed by atoms with Crippen LogP contribution in [0.3, 0.4) is 0 Å². The summed E-state index contributed by atoms with van der Waals surface area (Å²) in [5.74, 6) is -0.678. The molecule has 0 saturated heterocycles. The lowest BCUT2D eigenvalue weighted by molar-refractivity contribution is -0.139. The molecule has 0 heterocycles. The van der Waals surface area contributed by atoms with Gasteiger partial charge in [0, 0.05) is 13.1 Å². The third-order valence-corrected chi connectivity index (χ3v) is 2.71. The Morgan fingerprint density at radius 3 is 2.41 bits per heavy atom. The van der Waals surface area contributed by atoms with Crippen LogP contribution < -0.4 is 10.6 Å². The van der Waals surface area contributed by atoms with Crippen LogP contribution in [0.15, 0.2) is 12.7 Å². The Morgan fingerprint density at radius 2 is 1.88 bits per heavy atom. The molecule has 0 aliphatic rings. The topological polar surface area (TPSA) is 58.2 Å². The highest BCUT2D eigenvalue weighted by atomic mass is 16.2. The third-order valence-electron chi connectivity index (χ3n) is 2.71. The molecule has 0 spiro atoms. The summed E-state index contributed by atoms with van der Waals surface area (Å²) < 4.78 is 0. The summed E-state index contributed by atoms with van der Waals surface area (Å²) in [7, 11) is 0. The minimum absolute atomic E-state index is 0.319. The van der Waals surface area contributed by atoms with Gasteiger partial charge in [0.1, 0.15) is 0 Å². The van der Waals surface area contributed by atoms with Gasteiger partial charge in [-0.1, -0.05) is 39.2 Å². The number of nitrogens with one attached hydrogen (secondary N) is 2. The molecule has 4 nitrogen and oxygen atoms in total. The molecule has 98 valence electrons. The molecule has 0 aliphatic carbocycles. The zero-order valence-corrected chi connectivity index (χ0v) is 10.9. The molecular formula is C13H24N2O2. The molecule has 0 aliphatic heterocycles. The highest BCUT2D eigenvalue weighted by molar-refractivity contribution is 6.35. The van der Waals surface area contributed by atoms with Crippen LogP contribution >= 0.6 is 0 Å². The number of rotatable bonds is 8. The molecule has 0 aromatic heterocycles. The van der Waals surface area contributed by atoms with Crippen LogP contribution in [-0.2, 0) is 9.59 Å². The fraction of sp³-hybridized carbons (Fsp3) is 0.692. The first kappa shape index (κ1) is 15.7. The van der Waals surface area contributed by atoms with Crippen molar-refractivity contribution >= 4 is 11.8 Å². The molecule has 1 atom stereocenters. The summed E-state index contributed by atoms with van der Waals surface area (Å²) in [6, 6.07) is 0. The Kier molecular flexibility index (Phi) is 9.11. The largest absolute Gasteiger partial charge is 0.348 e. The van der Waals surface area contributed by atoms with Crippen LogP contribution in [0.2, 0.25) is 0 Å². The fourth-order valence-electron chi connectivity index (χ4n) is 1.51. The Morgan fingerprint density at radius 1 is 1.24 bits per heavy atom. The van der Waals surface area contributed by atoms with Gasteiger partial charge >= 0.3 is 11.8 Å². The Labute approximate surface area is 104 Å². The van der Waals surface area contributed by atoms with Gasteiger partial charge in [0.05, 0.1) is 0 Å². The van der Waals surface area contributed by atoms with Gasteiger partial charge in [-0.15, -0.1) is 6.58 Å².